The number of carbonyl (C=O) groups excluding carboxylic acids is 2. The third-order valence-electron chi connectivity index (χ3n) is 6.00. The van der Waals surface area contributed by atoms with Crippen LogP contribution in [0.3, 0.4) is 0 Å². The minimum atomic E-state index is -0.349. The average Bonchev–Trinajstić information content (AvgIpc) is 3.01. The first kappa shape index (κ1) is 20.8. The number of pyridine rings is 1. The molecule has 1 atom stereocenters. The minimum absolute atomic E-state index is 0.175. The number of nitrogens with zero attached hydrogens (tertiary/aromatic N) is 3. The van der Waals surface area contributed by atoms with Crippen LogP contribution in [0.15, 0.2) is 23.7 Å². The molecule has 0 aromatic carbocycles. The van der Waals surface area contributed by atoms with E-state index in [1.54, 1.807) is 30.5 Å². The van der Waals surface area contributed by atoms with E-state index in [-0.39, 0.29) is 11.9 Å². The van der Waals surface area contributed by atoms with E-state index >= 15 is 0 Å². The monoisotopic (exact) mass is 427 g/mol. The molecule has 2 aromatic rings. The first-order valence-corrected chi connectivity index (χ1v) is 11.7. The van der Waals surface area contributed by atoms with Crippen LogP contribution in [0.2, 0.25) is 0 Å². The van der Waals surface area contributed by atoms with Gasteiger partial charge in [-0.05, 0) is 56.2 Å². The number of rotatable bonds is 4. The first-order valence-electron chi connectivity index (χ1n) is 10.8. The van der Waals surface area contributed by atoms with Crippen molar-refractivity contribution >= 4 is 29.0 Å². The standard InChI is InChI=1S/C23H29N3O3S/c1-3-29-23(28)17-6-8-21(24-14-17)25-9-4-10-26(12-11-25)22(27)19-15-30-20-13-16(2)5-7-18(19)20/h6,8,14-16H,3-5,7,9-13H2,1-2H3. The molecule has 0 bridgehead atoms. The Kier molecular flexibility index (Phi) is 6.37. The number of esters is 1. The summed E-state index contributed by atoms with van der Waals surface area (Å²) in [5.41, 5.74) is 2.68. The molecule has 1 fully saturated rings. The minimum Gasteiger partial charge on any atom is -0.462 e. The number of amides is 1. The van der Waals surface area contributed by atoms with Gasteiger partial charge in [0.25, 0.3) is 5.91 Å². The fourth-order valence-corrected chi connectivity index (χ4v) is 5.52. The van der Waals surface area contributed by atoms with Crippen molar-refractivity contribution in [1.29, 1.82) is 0 Å². The average molecular weight is 428 g/mol. The van der Waals surface area contributed by atoms with Gasteiger partial charge in [-0.2, -0.15) is 0 Å². The van der Waals surface area contributed by atoms with Crippen LogP contribution in [0.1, 0.15) is 57.8 Å². The van der Waals surface area contributed by atoms with E-state index in [9.17, 15) is 9.59 Å². The second-order valence-corrected chi connectivity index (χ2v) is 9.12. The fourth-order valence-electron chi connectivity index (χ4n) is 4.28. The zero-order chi connectivity index (χ0) is 21.1. The van der Waals surface area contributed by atoms with Crippen LogP contribution in [0, 0.1) is 5.92 Å². The summed E-state index contributed by atoms with van der Waals surface area (Å²) < 4.78 is 5.02. The molecule has 6 nitrogen and oxygen atoms in total. The quantitative estimate of drug-likeness (QED) is 0.695. The van der Waals surface area contributed by atoms with Gasteiger partial charge in [-0.25, -0.2) is 9.78 Å². The number of aromatic nitrogens is 1. The summed E-state index contributed by atoms with van der Waals surface area (Å²) >= 11 is 1.75. The van der Waals surface area contributed by atoms with E-state index in [4.69, 9.17) is 4.74 Å². The zero-order valence-corrected chi connectivity index (χ0v) is 18.5. The number of ether oxygens (including phenoxy) is 1. The molecule has 160 valence electrons. The zero-order valence-electron chi connectivity index (χ0n) is 17.7. The highest BCUT2D eigenvalue weighted by Crippen LogP contribution is 2.33. The Balaban J connectivity index is 1.41. The van der Waals surface area contributed by atoms with Crippen molar-refractivity contribution in [3.8, 4) is 0 Å². The number of thiophene rings is 1. The van der Waals surface area contributed by atoms with Crippen LogP contribution in [0.5, 0.6) is 0 Å². The Morgan fingerprint density at radius 1 is 1.23 bits per heavy atom. The Morgan fingerprint density at radius 3 is 2.87 bits per heavy atom. The molecule has 7 heteroatoms. The van der Waals surface area contributed by atoms with E-state index in [1.165, 1.54) is 16.9 Å². The van der Waals surface area contributed by atoms with Crippen LogP contribution < -0.4 is 4.90 Å². The first-order chi connectivity index (χ1) is 14.6. The molecule has 0 N–H and O–H groups in total. The van der Waals surface area contributed by atoms with Gasteiger partial charge in [-0.1, -0.05) is 6.92 Å². The van der Waals surface area contributed by atoms with E-state index in [0.29, 0.717) is 24.6 Å². The van der Waals surface area contributed by atoms with Crippen molar-refractivity contribution < 1.29 is 14.3 Å². The maximum atomic E-state index is 13.2. The van der Waals surface area contributed by atoms with Gasteiger partial charge in [0.1, 0.15) is 5.82 Å². The topological polar surface area (TPSA) is 62.7 Å². The predicted octanol–water partition coefficient (Wildman–Crippen LogP) is 3.80. The van der Waals surface area contributed by atoms with Crippen molar-refractivity contribution in [3.05, 3.63) is 45.3 Å². The summed E-state index contributed by atoms with van der Waals surface area (Å²) in [5, 5.41) is 2.07. The number of fused-ring (bicyclic) bond motifs is 1. The second-order valence-electron chi connectivity index (χ2n) is 8.16. The highest BCUT2D eigenvalue weighted by Gasteiger charge is 2.27. The molecule has 3 heterocycles. The van der Waals surface area contributed by atoms with Crippen LogP contribution >= 0.6 is 11.3 Å². The lowest BCUT2D eigenvalue weighted by Crippen LogP contribution is -2.35. The molecule has 1 amide bonds. The van der Waals surface area contributed by atoms with Crippen molar-refractivity contribution in [2.24, 2.45) is 5.92 Å². The molecule has 2 aromatic heterocycles. The second kappa shape index (κ2) is 9.16. The van der Waals surface area contributed by atoms with Crippen LogP contribution in [0.25, 0.3) is 0 Å². The molecule has 2 aliphatic rings. The molecular formula is C23H29N3O3S. The van der Waals surface area contributed by atoms with Crippen molar-refractivity contribution in [3.63, 3.8) is 0 Å². The highest BCUT2D eigenvalue weighted by molar-refractivity contribution is 7.10. The van der Waals surface area contributed by atoms with Gasteiger partial charge in [0.2, 0.25) is 0 Å². The van der Waals surface area contributed by atoms with Gasteiger partial charge >= 0.3 is 5.97 Å². The van der Waals surface area contributed by atoms with Crippen LogP contribution in [-0.4, -0.2) is 54.5 Å². The van der Waals surface area contributed by atoms with E-state index in [1.807, 2.05) is 11.0 Å². The lowest BCUT2D eigenvalue weighted by atomic mass is 9.88. The largest absolute Gasteiger partial charge is 0.462 e. The van der Waals surface area contributed by atoms with Gasteiger partial charge < -0.3 is 14.5 Å². The SMILES string of the molecule is CCOC(=O)c1ccc(N2CCCN(C(=O)c3csc4c3CCC(C)C4)CC2)nc1. The third kappa shape index (κ3) is 4.36. The summed E-state index contributed by atoms with van der Waals surface area (Å²) in [4.78, 5) is 35.1. The number of anilines is 1. The molecule has 0 radical (unpaired) electrons. The van der Waals surface area contributed by atoms with E-state index in [2.05, 4.69) is 22.2 Å². The predicted molar refractivity (Wildman–Crippen MR) is 118 cm³/mol. The Labute approximate surface area is 181 Å². The Hall–Kier alpha value is -2.41. The number of hydrogen-bond donors (Lipinski definition) is 0. The van der Waals surface area contributed by atoms with Crippen molar-refractivity contribution in [2.45, 2.75) is 39.5 Å². The molecule has 1 aliphatic heterocycles. The number of hydrogen-bond acceptors (Lipinski definition) is 6. The maximum Gasteiger partial charge on any atom is 0.339 e. The fraction of sp³-hybridized carbons (Fsp3) is 0.522. The van der Waals surface area contributed by atoms with Gasteiger partial charge in [0, 0.05) is 42.6 Å². The molecule has 1 aliphatic carbocycles. The lowest BCUT2D eigenvalue weighted by molar-refractivity contribution is 0.0525. The van der Waals surface area contributed by atoms with Gasteiger partial charge in [-0.15, -0.1) is 11.3 Å². The molecular weight excluding hydrogens is 398 g/mol. The molecule has 30 heavy (non-hydrogen) atoms. The van der Waals surface area contributed by atoms with Gasteiger partial charge in [0.05, 0.1) is 17.7 Å². The van der Waals surface area contributed by atoms with Gasteiger partial charge in [-0.3, -0.25) is 4.79 Å². The lowest BCUT2D eigenvalue weighted by Gasteiger charge is -2.24. The summed E-state index contributed by atoms with van der Waals surface area (Å²) in [5.74, 6) is 1.38. The summed E-state index contributed by atoms with van der Waals surface area (Å²) in [6, 6.07) is 3.62. The maximum absolute atomic E-state index is 13.2. The third-order valence-corrected chi connectivity index (χ3v) is 7.05. The summed E-state index contributed by atoms with van der Waals surface area (Å²) in [6.07, 6.45) is 5.77. The normalized spacial score (nSPS) is 19.2. The van der Waals surface area contributed by atoms with Crippen molar-refractivity contribution in [1.82, 2.24) is 9.88 Å². The van der Waals surface area contributed by atoms with Crippen LogP contribution in [0.4, 0.5) is 5.82 Å². The summed E-state index contributed by atoms with van der Waals surface area (Å²) in [7, 11) is 0. The highest BCUT2D eigenvalue weighted by atomic mass is 32.1. The molecule has 1 saturated heterocycles. The molecule has 1 unspecified atom stereocenters. The van der Waals surface area contributed by atoms with E-state index in [0.717, 1.165) is 50.3 Å². The van der Waals surface area contributed by atoms with E-state index < -0.39 is 0 Å². The smallest absolute Gasteiger partial charge is 0.339 e. The summed E-state index contributed by atoms with van der Waals surface area (Å²) in [6.45, 7) is 7.45. The van der Waals surface area contributed by atoms with Crippen LogP contribution in [-0.2, 0) is 17.6 Å². The molecule has 0 saturated carbocycles. The molecule has 4 rings (SSSR count). The Morgan fingerprint density at radius 2 is 2.10 bits per heavy atom. The Bertz CT molecular complexity index is 909. The molecule has 0 spiro atoms. The van der Waals surface area contributed by atoms with Crippen molar-refractivity contribution in [2.75, 3.05) is 37.7 Å². The number of carbonyl (C=O) groups is 2. The van der Waals surface area contributed by atoms with Gasteiger partial charge in [0.15, 0.2) is 0 Å².